The molecule has 0 bridgehead atoms. The zero-order chi connectivity index (χ0) is 11.7. The van der Waals surface area contributed by atoms with Crippen LogP contribution < -0.4 is 5.32 Å². The fourth-order valence-corrected chi connectivity index (χ4v) is 1.17. The number of rotatable bonds is 7. The molecule has 0 aliphatic rings. The van der Waals surface area contributed by atoms with Crippen molar-refractivity contribution in [2.75, 3.05) is 6.61 Å². The molecule has 0 aromatic rings. The molecule has 2 N–H and O–H groups in total. The summed E-state index contributed by atoms with van der Waals surface area (Å²) in [6.07, 6.45) is 2.56. The summed E-state index contributed by atoms with van der Waals surface area (Å²) < 4.78 is 4.62. The largest absolute Gasteiger partial charge is 0.480 e. The van der Waals surface area contributed by atoms with Gasteiger partial charge in [0.15, 0.2) is 0 Å². The SMILES string of the molecule is CCCCC[C@H](NC(=O)OCC)C(=O)O. The van der Waals surface area contributed by atoms with Crippen LogP contribution in [0.5, 0.6) is 0 Å². The average molecular weight is 217 g/mol. The standard InChI is InChI=1S/C10H19NO4/c1-3-5-6-7-8(9(12)13)11-10(14)15-4-2/h8H,3-7H2,1-2H3,(H,11,14)(H,12,13)/t8-/m0/s1. The second-order valence-corrected chi connectivity index (χ2v) is 3.25. The minimum atomic E-state index is -1.01. The van der Waals surface area contributed by atoms with Gasteiger partial charge in [0, 0.05) is 0 Å². The first-order valence-corrected chi connectivity index (χ1v) is 5.27. The molecule has 88 valence electrons. The molecule has 0 fully saturated rings. The van der Waals surface area contributed by atoms with E-state index < -0.39 is 18.1 Å². The fraction of sp³-hybridized carbons (Fsp3) is 0.800. The molecule has 0 saturated heterocycles. The Kier molecular flexibility index (Phi) is 7.40. The van der Waals surface area contributed by atoms with E-state index in [-0.39, 0.29) is 6.61 Å². The lowest BCUT2D eigenvalue weighted by Gasteiger charge is -2.13. The zero-order valence-electron chi connectivity index (χ0n) is 9.28. The molecule has 0 spiro atoms. The highest BCUT2D eigenvalue weighted by Gasteiger charge is 2.19. The number of hydrogen-bond acceptors (Lipinski definition) is 3. The van der Waals surface area contributed by atoms with Gasteiger partial charge < -0.3 is 15.2 Å². The lowest BCUT2D eigenvalue weighted by Crippen LogP contribution is -2.41. The van der Waals surface area contributed by atoms with Crippen LogP contribution >= 0.6 is 0 Å². The minimum absolute atomic E-state index is 0.243. The molecule has 15 heavy (non-hydrogen) atoms. The van der Waals surface area contributed by atoms with Crippen molar-refractivity contribution in [1.29, 1.82) is 0 Å². The van der Waals surface area contributed by atoms with Crippen LogP contribution in [0.2, 0.25) is 0 Å². The highest BCUT2D eigenvalue weighted by atomic mass is 16.5. The van der Waals surface area contributed by atoms with Gasteiger partial charge in [-0.25, -0.2) is 9.59 Å². The normalized spacial score (nSPS) is 11.9. The Morgan fingerprint density at radius 2 is 2.00 bits per heavy atom. The van der Waals surface area contributed by atoms with E-state index >= 15 is 0 Å². The van der Waals surface area contributed by atoms with Crippen LogP contribution in [0.1, 0.15) is 39.5 Å². The van der Waals surface area contributed by atoms with Gasteiger partial charge in [0.1, 0.15) is 6.04 Å². The Bertz CT molecular complexity index is 206. The highest BCUT2D eigenvalue weighted by molar-refractivity contribution is 5.79. The number of carboxylic acids is 1. The van der Waals surface area contributed by atoms with Gasteiger partial charge in [-0.3, -0.25) is 0 Å². The summed E-state index contributed by atoms with van der Waals surface area (Å²) in [5, 5.41) is 11.1. The maximum Gasteiger partial charge on any atom is 0.407 e. The molecule has 0 saturated carbocycles. The molecular weight excluding hydrogens is 198 g/mol. The minimum Gasteiger partial charge on any atom is -0.480 e. The quantitative estimate of drug-likeness (QED) is 0.637. The molecule has 5 heteroatoms. The molecule has 5 nitrogen and oxygen atoms in total. The van der Waals surface area contributed by atoms with Crippen molar-refractivity contribution in [3.63, 3.8) is 0 Å². The van der Waals surface area contributed by atoms with Crippen LogP contribution in [0.25, 0.3) is 0 Å². The summed E-state index contributed by atoms with van der Waals surface area (Å²) >= 11 is 0. The van der Waals surface area contributed by atoms with Gasteiger partial charge in [-0.15, -0.1) is 0 Å². The predicted molar refractivity (Wildman–Crippen MR) is 55.7 cm³/mol. The van der Waals surface area contributed by atoms with Gasteiger partial charge in [-0.1, -0.05) is 26.2 Å². The first-order chi connectivity index (χ1) is 7.11. The highest BCUT2D eigenvalue weighted by Crippen LogP contribution is 2.04. The molecule has 1 atom stereocenters. The monoisotopic (exact) mass is 217 g/mol. The van der Waals surface area contributed by atoms with E-state index in [1.54, 1.807) is 6.92 Å². The van der Waals surface area contributed by atoms with Crippen LogP contribution in [-0.4, -0.2) is 29.8 Å². The molecular formula is C10H19NO4. The predicted octanol–water partition coefficient (Wildman–Crippen LogP) is 1.77. The molecule has 0 unspecified atom stereocenters. The van der Waals surface area contributed by atoms with E-state index in [1.165, 1.54) is 0 Å². The lowest BCUT2D eigenvalue weighted by atomic mass is 10.1. The number of alkyl carbamates (subject to hydrolysis) is 1. The van der Waals surface area contributed by atoms with Gasteiger partial charge in [-0.2, -0.15) is 0 Å². The Hall–Kier alpha value is -1.26. The third kappa shape index (κ3) is 6.76. The van der Waals surface area contributed by atoms with Crippen molar-refractivity contribution < 1.29 is 19.4 Å². The second-order valence-electron chi connectivity index (χ2n) is 3.25. The average Bonchev–Trinajstić information content (AvgIpc) is 2.16. The summed E-state index contributed by atoms with van der Waals surface area (Å²) in [6.45, 7) is 3.95. The number of hydrogen-bond donors (Lipinski definition) is 2. The van der Waals surface area contributed by atoms with E-state index in [9.17, 15) is 9.59 Å². The van der Waals surface area contributed by atoms with Gasteiger partial charge in [0.2, 0.25) is 0 Å². The number of amides is 1. The Morgan fingerprint density at radius 1 is 1.33 bits per heavy atom. The number of unbranched alkanes of at least 4 members (excludes halogenated alkanes) is 2. The van der Waals surface area contributed by atoms with E-state index in [1.807, 2.05) is 6.92 Å². The summed E-state index contributed by atoms with van der Waals surface area (Å²) in [4.78, 5) is 21.8. The molecule has 0 rings (SSSR count). The van der Waals surface area contributed by atoms with E-state index in [0.29, 0.717) is 6.42 Å². The van der Waals surface area contributed by atoms with Crippen molar-refractivity contribution in [2.45, 2.75) is 45.6 Å². The molecule has 0 radical (unpaired) electrons. The number of nitrogens with one attached hydrogen (secondary N) is 1. The first-order valence-electron chi connectivity index (χ1n) is 5.27. The first kappa shape index (κ1) is 13.7. The summed E-state index contributed by atoms with van der Waals surface area (Å²) in [5.74, 6) is -1.01. The van der Waals surface area contributed by atoms with E-state index in [2.05, 4.69) is 10.1 Å². The molecule has 0 aliphatic heterocycles. The topological polar surface area (TPSA) is 75.6 Å². The number of carboxylic acid groups (broad SMARTS) is 1. The Morgan fingerprint density at radius 3 is 2.47 bits per heavy atom. The lowest BCUT2D eigenvalue weighted by molar-refractivity contribution is -0.139. The number of aliphatic carboxylic acids is 1. The van der Waals surface area contributed by atoms with E-state index in [4.69, 9.17) is 5.11 Å². The zero-order valence-corrected chi connectivity index (χ0v) is 9.28. The summed E-state index contributed by atoms with van der Waals surface area (Å²) in [6, 6.07) is -0.837. The maximum absolute atomic E-state index is 11.0. The third-order valence-electron chi connectivity index (χ3n) is 1.96. The van der Waals surface area contributed by atoms with Crippen LogP contribution in [0.4, 0.5) is 4.79 Å². The van der Waals surface area contributed by atoms with Crippen molar-refractivity contribution in [2.24, 2.45) is 0 Å². The van der Waals surface area contributed by atoms with Gasteiger partial charge >= 0.3 is 12.1 Å². The van der Waals surface area contributed by atoms with Crippen molar-refractivity contribution in [3.8, 4) is 0 Å². The Balaban J connectivity index is 3.93. The Labute approximate surface area is 89.8 Å². The van der Waals surface area contributed by atoms with Gasteiger partial charge in [-0.05, 0) is 13.3 Å². The third-order valence-corrected chi connectivity index (χ3v) is 1.96. The molecule has 0 aromatic carbocycles. The molecule has 0 heterocycles. The fourth-order valence-electron chi connectivity index (χ4n) is 1.17. The van der Waals surface area contributed by atoms with Crippen molar-refractivity contribution in [1.82, 2.24) is 5.32 Å². The molecule has 0 aliphatic carbocycles. The van der Waals surface area contributed by atoms with Gasteiger partial charge in [0.05, 0.1) is 6.61 Å². The summed E-state index contributed by atoms with van der Waals surface area (Å²) in [5.41, 5.74) is 0. The summed E-state index contributed by atoms with van der Waals surface area (Å²) in [7, 11) is 0. The van der Waals surface area contributed by atoms with Crippen LogP contribution in [0.3, 0.4) is 0 Å². The number of ether oxygens (including phenoxy) is 1. The smallest absolute Gasteiger partial charge is 0.407 e. The maximum atomic E-state index is 11.0. The molecule has 1 amide bonds. The van der Waals surface area contributed by atoms with Crippen molar-refractivity contribution >= 4 is 12.1 Å². The second kappa shape index (κ2) is 8.08. The van der Waals surface area contributed by atoms with Crippen LogP contribution in [-0.2, 0) is 9.53 Å². The molecule has 0 aromatic heterocycles. The van der Waals surface area contributed by atoms with Gasteiger partial charge in [0.25, 0.3) is 0 Å². The van der Waals surface area contributed by atoms with Crippen LogP contribution in [0.15, 0.2) is 0 Å². The number of carbonyl (C=O) groups is 2. The van der Waals surface area contributed by atoms with E-state index in [0.717, 1.165) is 19.3 Å². The van der Waals surface area contributed by atoms with Crippen molar-refractivity contribution in [3.05, 3.63) is 0 Å². The number of carbonyl (C=O) groups excluding carboxylic acids is 1. The van der Waals surface area contributed by atoms with Crippen LogP contribution in [0, 0.1) is 0 Å².